The normalized spacial score (nSPS) is 10.9. The van der Waals surface area contributed by atoms with Gasteiger partial charge in [0.1, 0.15) is 6.54 Å². The van der Waals surface area contributed by atoms with Crippen LogP contribution in [0.15, 0.2) is 68.6 Å². The second-order valence-electron chi connectivity index (χ2n) is 5.76. The average molecular weight is 365 g/mol. The van der Waals surface area contributed by atoms with Crippen LogP contribution < -0.4 is 11.1 Å². The summed E-state index contributed by atoms with van der Waals surface area (Å²) in [4.78, 5) is 28.6. The van der Waals surface area contributed by atoms with Gasteiger partial charge in [-0.3, -0.25) is 14.3 Å². The maximum Gasteiger partial charge on any atom is 0.420 e. The Morgan fingerprint density at radius 3 is 2.96 bits per heavy atom. The summed E-state index contributed by atoms with van der Waals surface area (Å²) in [6.45, 7) is 0.279. The topological polar surface area (TPSA) is 77.1 Å². The Morgan fingerprint density at radius 2 is 2.12 bits per heavy atom. The average Bonchev–Trinajstić information content (AvgIpc) is 3.29. The number of rotatable bonds is 5. The van der Waals surface area contributed by atoms with E-state index in [9.17, 15) is 9.59 Å². The minimum atomic E-state index is -0.537. The molecule has 3 aromatic heterocycles. The third kappa shape index (κ3) is 3.29. The van der Waals surface area contributed by atoms with Crippen molar-refractivity contribution in [2.24, 2.45) is 0 Å². The second-order valence-corrected chi connectivity index (χ2v) is 6.54. The number of pyridine rings is 1. The van der Waals surface area contributed by atoms with E-state index in [1.54, 1.807) is 41.8 Å². The number of hydrogen-bond acceptors (Lipinski definition) is 5. The van der Waals surface area contributed by atoms with Crippen LogP contribution in [0.3, 0.4) is 0 Å². The first-order chi connectivity index (χ1) is 12.7. The molecule has 6 nitrogen and oxygen atoms in total. The highest BCUT2D eigenvalue weighted by atomic mass is 32.1. The molecule has 0 unspecified atom stereocenters. The molecule has 3 heterocycles. The minimum Gasteiger partial charge on any atom is -0.408 e. The summed E-state index contributed by atoms with van der Waals surface area (Å²) in [5.41, 5.74) is 3.95. The monoisotopic (exact) mass is 365 g/mol. The summed E-state index contributed by atoms with van der Waals surface area (Å²) < 4.78 is 6.47. The van der Waals surface area contributed by atoms with Gasteiger partial charge in [-0.05, 0) is 41.3 Å². The van der Waals surface area contributed by atoms with Gasteiger partial charge in [0.25, 0.3) is 0 Å². The molecule has 26 heavy (non-hydrogen) atoms. The van der Waals surface area contributed by atoms with E-state index in [1.807, 2.05) is 29.0 Å². The van der Waals surface area contributed by atoms with Gasteiger partial charge in [-0.25, -0.2) is 4.79 Å². The number of aromatic nitrogens is 2. The first-order valence-corrected chi connectivity index (χ1v) is 8.97. The second kappa shape index (κ2) is 6.97. The zero-order valence-electron chi connectivity index (χ0n) is 13.7. The van der Waals surface area contributed by atoms with E-state index in [2.05, 4.69) is 10.3 Å². The number of oxazole rings is 1. The fraction of sp³-hybridized carbons (Fsp3) is 0.105. The van der Waals surface area contributed by atoms with E-state index in [-0.39, 0.29) is 12.5 Å². The number of hydrogen-bond donors (Lipinski definition) is 1. The first kappa shape index (κ1) is 16.3. The predicted octanol–water partition coefficient (Wildman–Crippen LogP) is 3.03. The lowest BCUT2D eigenvalue weighted by molar-refractivity contribution is -0.121. The van der Waals surface area contributed by atoms with Gasteiger partial charge in [-0.1, -0.05) is 12.1 Å². The van der Waals surface area contributed by atoms with Gasteiger partial charge in [0, 0.05) is 23.7 Å². The molecular formula is C19H15N3O3S. The molecule has 0 fully saturated rings. The molecule has 1 aromatic carbocycles. The highest BCUT2D eigenvalue weighted by Gasteiger charge is 2.12. The number of fused-ring (bicyclic) bond motifs is 1. The number of amides is 1. The van der Waals surface area contributed by atoms with Crippen LogP contribution in [-0.4, -0.2) is 15.5 Å². The summed E-state index contributed by atoms with van der Waals surface area (Å²) in [6.07, 6.45) is 1.72. The van der Waals surface area contributed by atoms with Crippen LogP contribution >= 0.6 is 11.3 Å². The van der Waals surface area contributed by atoms with Gasteiger partial charge < -0.3 is 9.73 Å². The molecule has 1 amide bonds. The molecule has 0 bridgehead atoms. The molecule has 0 spiro atoms. The number of nitrogens with one attached hydrogen (secondary N) is 1. The molecule has 7 heteroatoms. The SMILES string of the molecule is O=C(Cn1c(=O)oc2ccccc21)NCc1ccnc(-c2ccsc2)c1. The Bertz CT molecular complexity index is 1110. The van der Waals surface area contributed by atoms with Gasteiger partial charge in [-0.15, -0.1) is 0 Å². The molecule has 1 N–H and O–H groups in total. The fourth-order valence-corrected chi connectivity index (χ4v) is 3.37. The zero-order chi connectivity index (χ0) is 17.9. The molecule has 0 aliphatic rings. The standard InChI is InChI=1S/C19H15N3O3S/c23-18(11-22-16-3-1-2-4-17(16)25-19(22)24)21-10-13-5-7-20-15(9-13)14-6-8-26-12-14/h1-9,12H,10-11H2,(H,21,23). The maximum atomic E-state index is 12.3. The Hall–Kier alpha value is -3.19. The molecule has 0 aliphatic heterocycles. The lowest BCUT2D eigenvalue weighted by Crippen LogP contribution is -2.30. The first-order valence-electron chi connectivity index (χ1n) is 8.03. The summed E-state index contributed by atoms with van der Waals surface area (Å²) in [5, 5.41) is 6.86. The van der Waals surface area contributed by atoms with E-state index >= 15 is 0 Å². The van der Waals surface area contributed by atoms with Crippen molar-refractivity contribution in [2.45, 2.75) is 13.1 Å². The van der Waals surface area contributed by atoms with Crippen molar-refractivity contribution in [1.82, 2.24) is 14.9 Å². The van der Waals surface area contributed by atoms with Gasteiger partial charge in [-0.2, -0.15) is 11.3 Å². The Kier molecular flexibility index (Phi) is 4.37. The number of carbonyl (C=O) groups excluding carboxylic acids is 1. The third-order valence-corrected chi connectivity index (χ3v) is 4.69. The Labute approximate surface area is 152 Å². The highest BCUT2D eigenvalue weighted by Crippen LogP contribution is 2.20. The van der Waals surface area contributed by atoms with Crippen LogP contribution in [-0.2, 0) is 17.9 Å². The van der Waals surface area contributed by atoms with Crippen molar-refractivity contribution < 1.29 is 9.21 Å². The third-order valence-electron chi connectivity index (χ3n) is 4.01. The highest BCUT2D eigenvalue weighted by molar-refractivity contribution is 7.08. The zero-order valence-corrected chi connectivity index (χ0v) is 14.5. The van der Waals surface area contributed by atoms with E-state index in [4.69, 9.17) is 4.42 Å². The van der Waals surface area contributed by atoms with E-state index < -0.39 is 5.76 Å². The molecule has 0 saturated carbocycles. The van der Waals surface area contributed by atoms with Crippen LogP contribution in [0.5, 0.6) is 0 Å². The smallest absolute Gasteiger partial charge is 0.408 e. The van der Waals surface area contributed by atoms with Gasteiger partial charge in [0.15, 0.2) is 5.58 Å². The maximum absolute atomic E-state index is 12.3. The van der Waals surface area contributed by atoms with Crippen LogP contribution in [0.1, 0.15) is 5.56 Å². The number of nitrogens with zero attached hydrogens (tertiary/aromatic N) is 2. The molecule has 4 rings (SSSR count). The number of thiophene rings is 1. The molecule has 0 radical (unpaired) electrons. The summed E-state index contributed by atoms with van der Waals surface area (Å²) in [5.74, 6) is -0.794. The van der Waals surface area contributed by atoms with Crippen molar-refractivity contribution in [1.29, 1.82) is 0 Å². The summed E-state index contributed by atoms with van der Waals surface area (Å²) >= 11 is 1.61. The van der Waals surface area contributed by atoms with Crippen molar-refractivity contribution >= 4 is 28.3 Å². The van der Waals surface area contributed by atoms with Crippen LogP contribution in [0.25, 0.3) is 22.4 Å². The molecular weight excluding hydrogens is 350 g/mol. The largest absolute Gasteiger partial charge is 0.420 e. The molecule has 0 aliphatic carbocycles. The number of carbonyl (C=O) groups is 1. The molecule has 4 aromatic rings. The van der Waals surface area contributed by atoms with Gasteiger partial charge in [0.05, 0.1) is 11.2 Å². The van der Waals surface area contributed by atoms with Crippen molar-refractivity contribution in [3.8, 4) is 11.3 Å². The van der Waals surface area contributed by atoms with Crippen molar-refractivity contribution in [3.05, 3.63) is 75.5 Å². The number of para-hydroxylation sites is 2. The van der Waals surface area contributed by atoms with E-state index in [1.165, 1.54) is 4.57 Å². The van der Waals surface area contributed by atoms with E-state index in [0.29, 0.717) is 17.6 Å². The van der Waals surface area contributed by atoms with Crippen LogP contribution in [0, 0.1) is 0 Å². The van der Waals surface area contributed by atoms with Crippen LogP contribution in [0.4, 0.5) is 0 Å². The Balaban J connectivity index is 1.45. The minimum absolute atomic E-state index is 0.0850. The van der Waals surface area contributed by atoms with Gasteiger partial charge in [0.2, 0.25) is 5.91 Å². The van der Waals surface area contributed by atoms with Crippen molar-refractivity contribution in [3.63, 3.8) is 0 Å². The van der Waals surface area contributed by atoms with Crippen LogP contribution in [0.2, 0.25) is 0 Å². The Morgan fingerprint density at radius 1 is 1.23 bits per heavy atom. The summed E-state index contributed by atoms with van der Waals surface area (Å²) in [7, 11) is 0. The molecule has 0 atom stereocenters. The van der Waals surface area contributed by atoms with Gasteiger partial charge >= 0.3 is 5.76 Å². The lowest BCUT2D eigenvalue weighted by Gasteiger charge is -2.07. The number of benzene rings is 1. The lowest BCUT2D eigenvalue weighted by atomic mass is 10.1. The molecule has 0 saturated heterocycles. The fourth-order valence-electron chi connectivity index (χ4n) is 2.72. The quantitative estimate of drug-likeness (QED) is 0.590. The van der Waals surface area contributed by atoms with E-state index in [0.717, 1.165) is 16.8 Å². The summed E-state index contributed by atoms with van der Waals surface area (Å²) in [6, 6.07) is 12.8. The molecule has 130 valence electrons. The predicted molar refractivity (Wildman–Crippen MR) is 99.9 cm³/mol. The van der Waals surface area contributed by atoms with Crippen molar-refractivity contribution in [2.75, 3.05) is 0 Å².